The molecule has 2 aromatic carbocycles. The maximum Gasteiger partial charge on any atom is 0.264 e. The van der Waals surface area contributed by atoms with Crippen molar-refractivity contribution in [1.82, 2.24) is 0 Å². The molecule has 0 heterocycles. The number of aryl methyl sites for hydroxylation is 2. The molecule has 0 aliphatic carbocycles. The van der Waals surface area contributed by atoms with Gasteiger partial charge in [0.1, 0.15) is 10.7 Å². The predicted octanol–water partition coefficient (Wildman–Crippen LogP) is 3.59. The van der Waals surface area contributed by atoms with Gasteiger partial charge >= 0.3 is 0 Å². The second kappa shape index (κ2) is 5.65. The zero-order valence-electron chi connectivity index (χ0n) is 11.4. The molecule has 3 N–H and O–H groups in total. The molecule has 0 spiro atoms. The molecule has 112 valence electrons. The first-order valence-corrected chi connectivity index (χ1v) is 8.33. The van der Waals surface area contributed by atoms with Crippen LogP contribution in [-0.2, 0) is 10.0 Å². The van der Waals surface area contributed by atoms with Crippen LogP contribution in [0.3, 0.4) is 0 Å². The molecular weight excluding hydrogens is 359 g/mol. The molecule has 0 aliphatic heterocycles. The van der Waals surface area contributed by atoms with Gasteiger partial charge in [-0.25, -0.2) is 12.8 Å². The smallest absolute Gasteiger partial charge is 0.264 e. The largest absolute Gasteiger partial charge is 0.399 e. The van der Waals surface area contributed by atoms with Crippen molar-refractivity contribution in [1.29, 1.82) is 0 Å². The Labute approximate surface area is 131 Å². The van der Waals surface area contributed by atoms with Crippen LogP contribution >= 0.6 is 15.9 Å². The number of nitrogens with one attached hydrogen (secondary N) is 1. The maximum atomic E-state index is 13.8. The van der Waals surface area contributed by atoms with E-state index >= 15 is 0 Å². The highest BCUT2D eigenvalue weighted by atomic mass is 79.9. The van der Waals surface area contributed by atoms with Crippen LogP contribution in [0.1, 0.15) is 11.1 Å². The highest BCUT2D eigenvalue weighted by molar-refractivity contribution is 9.10. The van der Waals surface area contributed by atoms with Gasteiger partial charge in [0.2, 0.25) is 0 Å². The van der Waals surface area contributed by atoms with E-state index in [9.17, 15) is 12.8 Å². The van der Waals surface area contributed by atoms with E-state index in [1.165, 1.54) is 6.07 Å². The van der Waals surface area contributed by atoms with Crippen LogP contribution in [-0.4, -0.2) is 8.42 Å². The summed E-state index contributed by atoms with van der Waals surface area (Å²) in [4.78, 5) is -0.432. The minimum absolute atomic E-state index is 0.169. The highest BCUT2D eigenvalue weighted by Crippen LogP contribution is 2.28. The number of hydrogen-bond acceptors (Lipinski definition) is 3. The number of halogens is 2. The van der Waals surface area contributed by atoms with Crippen LogP contribution in [0.5, 0.6) is 0 Å². The fourth-order valence-corrected chi connectivity index (χ4v) is 3.95. The average molecular weight is 373 g/mol. The molecule has 0 atom stereocenters. The molecule has 2 aromatic rings. The molecule has 0 fully saturated rings. The first-order valence-electron chi connectivity index (χ1n) is 6.05. The van der Waals surface area contributed by atoms with Crippen LogP contribution in [0, 0.1) is 19.7 Å². The second-order valence-electron chi connectivity index (χ2n) is 4.71. The number of hydrogen-bond donors (Lipinski definition) is 2. The Kier molecular flexibility index (Phi) is 4.25. The van der Waals surface area contributed by atoms with Crippen molar-refractivity contribution >= 4 is 37.3 Å². The van der Waals surface area contributed by atoms with Crippen LogP contribution in [0.15, 0.2) is 39.7 Å². The van der Waals surface area contributed by atoms with E-state index in [2.05, 4.69) is 20.7 Å². The maximum absolute atomic E-state index is 13.8. The van der Waals surface area contributed by atoms with Gasteiger partial charge in [0.15, 0.2) is 0 Å². The summed E-state index contributed by atoms with van der Waals surface area (Å²) in [6.45, 7) is 3.55. The van der Waals surface area contributed by atoms with Gasteiger partial charge in [0.25, 0.3) is 10.0 Å². The first-order chi connectivity index (χ1) is 9.70. The van der Waals surface area contributed by atoms with E-state index in [1.54, 1.807) is 26.0 Å². The second-order valence-corrected chi connectivity index (χ2v) is 7.28. The summed E-state index contributed by atoms with van der Waals surface area (Å²) in [5.41, 5.74) is 7.51. The monoisotopic (exact) mass is 372 g/mol. The van der Waals surface area contributed by atoms with Crippen LogP contribution < -0.4 is 10.5 Å². The number of rotatable bonds is 3. The van der Waals surface area contributed by atoms with Crippen LogP contribution in [0.4, 0.5) is 15.8 Å². The van der Waals surface area contributed by atoms with Gasteiger partial charge in [-0.2, -0.15) is 0 Å². The lowest BCUT2D eigenvalue weighted by Gasteiger charge is -2.14. The molecule has 0 saturated carbocycles. The van der Waals surface area contributed by atoms with Crippen molar-refractivity contribution in [3.63, 3.8) is 0 Å². The summed E-state index contributed by atoms with van der Waals surface area (Å²) >= 11 is 3.34. The SMILES string of the molecule is Cc1cc(Br)cc(C)c1NS(=O)(=O)c1ccc(N)cc1F. The average Bonchev–Trinajstić information content (AvgIpc) is 2.33. The van der Waals surface area contributed by atoms with Gasteiger partial charge in [-0.15, -0.1) is 0 Å². The Morgan fingerprint density at radius 1 is 1.14 bits per heavy atom. The van der Waals surface area contributed by atoms with Crippen LogP contribution in [0.2, 0.25) is 0 Å². The molecule has 21 heavy (non-hydrogen) atoms. The fourth-order valence-electron chi connectivity index (χ4n) is 2.00. The minimum atomic E-state index is -4.01. The lowest BCUT2D eigenvalue weighted by molar-refractivity contribution is 0.571. The summed E-state index contributed by atoms with van der Waals surface area (Å²) in [5.74, 6) is -0.880. The third-order valence-corrected chi connectivity index (χ3v) is 4.82. The molecule has 0 aliphatic rings. The molecule has 0 bridgehead atoms. The summed E-state index contributed by atoms with van der Waals surface area (Å²) in [7, 11) is -4.01. The Morgan fingerprint density at radius 3 is 2.24 bits per heavy atom. The van der Waals surface area contributed by atoms with Crippen molar-refractivity contribution < 1.29 is 12.8 Å². The normalized spacial score (nSPS) is 11.4. The number of nitrogens with two attached hydrogens (primary N) is 1. The number of benzene rings is 2. The zero-order chi connectivity index (χ0) is 15.8. The van der Waals surface area contributed by atoms with Gasteiger partial charge in [-0.05, 0) is 55.3 Å². The Morgan fingerprint density at radius 2 is 1.71 bits per heavy atom. The molecule has 0 radical (unpaired) electrons. The van der Waals surface area contributed by atoms with Crippen molar-refractivity contribution in [3.05, 3.63) is 51.7 Å². The summed E-state index contributed by atoms with van der Waals surface area (Å²) in [6, 6.07) is 7.04. The molecular formula is C14H14BrFN2O2S. The van der Waals surface area contributed by atoms with E-state index < -0.39 is 20.7 Å². The molecule has 0 saturated heterocycles. The molecule has 0 amide bonds. The lowest BCUT2D eigenvalue weighted by Crippen LogP contribution is -2.16. The lowest BCUT2D eigenvalue weighted by atomic mass is 10.1. The quantitative estimate of drug-likeness (QED) is 0.808. The van der Waals surface area contributed by atoms with Gasteiger partial charge < -0.3 is 5.73 Å². The predicted molar refractivity (Wildman–Crippen MR) is 85.2 cm³/mol. The molecule has 2 rings (SSSR count). The van der Waals surface area contributed by atoms with Crippen molar-refractivity contribution in [2.45, 2.75) is 18.7 Å². The Balaban J connectivity index is 2.47. The molecule has 0 aromatic heterocycles. The van der Waals surface area contributed by atoms with E-state index in [-0.39, 0.29) is 5.69 Å². The number of sulfonamides is 1. The zero-order valence-corrected chi connectivity index (χ0v) is 13.8. The summed E-state index contributed by atoms with van der Waals surface area (Å²) < 4.78 is 41.7. The minimum Gasteiger partial charge on any atom is -0.399 e. The van der Waals surface area contributed by atoms with E-state index in [0.29, 0.717) is 5.69 Å². The molecule has 7 heteroatoms. The van der Waals surface area contributed by atoms with E-state index in [1.807, 2.05) is 0 Å². The van der Waals surface area contributed by atoms with Crippen molar-refractivity contribution in [3.8, 4) is 0 Å². The third kappa shape index (κ3) is 3.36. The fraction of sp³-hybridized carbons (Fsp3) is 0.143. The molecule has 0 unspecified atom stereocenters. The highest BCUT2D eigenvalue weighted by Gasteiger charge is 2.21. The topological polar surface area (TPSA) is 72.2 Å². The first kappa shape index (κ1) is 15.8. The van der Waals surface area contributed by atoms with E-state index in [4.69, 9.17) is 5.73 Å². The van der Waals surface area contributed by atoms with Gasteiger partial charge in [-0.3, -0.25) is 4.72 Å². The van der Waals surface area contributed by atoms with Gasteiger partial charge in [0.05, 0.1) is 5.69 Å². The van der Waals surface area contributed by atoms with Crippen molar-refractivity contribution in [2.24, 2.45) is 0 Å². The third-order valence-electron chi connectivity index (χ3n) is 2.98. The summed E-state index contributed by atoms with van der Waals surface area (Å²) in [6.07, 6.45) is 0. The molecule has 4 nitrogen and oxygen atoms in total. The number of anilines is 2. The van der Waals surface area contributed by atoms with Gasteiger partial charge in [0, 0.05) is 10.2 Å². The van der Waals surface area contributed by atoms with Crippen LogP contribution in [0.25, 0.3) is 0 Å². The Hall–Kier alpha value is -1.60. The summed E-state index contributed by atoms with van der Waals surface area (Å²) in [5, 5.41) is 0. The van der Waals surface area contributed by atoms with Gasteiger partial charge in [-0.1, -0.05) is 15.9 Å². The Bertz CT molecular complexity index is 784. The standard InChI is InChI=1S/C14H14BrFN2O2S/c1-8-5-10(15)6-9(2)14(8)18-21(19,20)13-4-3-11(17)7-12(13)16/h3-7,18H,17H2,1-2H3. The number of nitrogen functional groups attached to an aromatic ring is 1. The van der Waals surface area contributed by atoms with Crippen molar-refractivity contribution in [2.75, 3.05) is 10.5 Å². The van der Waals surface area contributed by atoms with E-state index in [0.717, 1.165) is 27.7 Å².